The molecule has 2 aromatic carbocycles. The topological polar surface area (TPSA) is 68.5 Å². The first-order valence-electron chi connectivity index (χ1n) is 9.27. The Morgan fingerprint density at radius 1 is 1.17 bits per heavy atom. The van der Waals surface area contributed by atoms with Crippen molar-refractivity contribution in [2.24, 2.45) is 0 Å². The van der Waals surface area contributed by atoms with Crippen LogP contribution < -0.4 is 9.64 Å². The first kappa shape index (κ1) is 19.0. The van der Waals surface area contributed by atoms with Gasteiger partial charge in [-0.25, -0.2) is 8.78 Å². The maximum Gasteiger partial charge on any atom is 0.232 e. The molecule has 6 nitrogen and oxygen atoms in total. The molecule has 1 saturated heterocycles. The van der Waals surface area contributed by atoms with Crippen LogP contribution in [0, 0.1) is 11.6 Å². The molecule has 2 heterocycles. The Hall–Kier alpha value is -3.29. The second kappa shape index (κ2) is 7.62. The molecule has 29 heavy (non-hydrogen) atoms. The van der Waals surface area contributed by atoms with E-state index in [2.05, 4.69) is 10.1 Å². The van der Waals surface area contributed by atoms with Gasteiger partial charge in [0.1, 0.15) is 17.4 Å². The number of rotatable bonds is 5. The van der Waals surface area contributed by atoms with Crippen LogP contribution in [0.4, 0.5) is 14.5 Å². The van der Waals surface area contributed by atoms with E-state index >= 15 is 0 Å². The fourth-order valence-electron chi connectivity index (χ4n) is 3.28. The van der Waals surface area contributed by atoms with Crippen LogP contribution in [0.25, 0.3) is 11.4 Å². The van der Waals surface area contributed by atoms with E-state index in [1.165, 1.54) is 11.0 Å². The maximum atomic E-state index is 14.0. The molecule has 0 radical (unpaired) electrons. The molecule has 1 aromatic heterocycles. The van der Waals surface area contributed by atoms with E-state index < -0.39 is 11.6 Å². The van der Waals surface area contributed by atoms with E-state index in [-0.39, 0.29) is 36.6 Å². The van der Waals surface area contributed by atoms with Gasteiger partial charge < -0.3 is 14.2 Å². The van der Waals surface area contributed by atoms with Crippen LogP contribution in [0.15, 0.2) is 47.0 Å². The molecular formula is C21H19F2N3O3. The number of carbonyl (C=O) groups is 1. The van der Waals surface area contributed by atoms with E-state index in [0.717, 1.165) is 23.4 Å². The number of nitrogens with zero attached hydrogens (tertiary/aromatic N) is 3. The molecule has 1 amide bonds. The summed E-state index contributed by atoms with van der Waals surface area (Å²) in [6, 6.07) is 10.4. The summed E-state index contributed by atoms with van der Waals surface area (Å²) in [5.41, 5.74) is 0.793. The summed E-state index contributed by atoms with van der Waals surface area (Å²) in [5.74, 6) is -0.677. The predicted molar refractivity (Wildman–Crippen MR) is 102 cm³/mol. The molecule has 1 aliphatic heterocycles. The second-order valence-corrected chi connectivity index (χ2v) is 7.15. The third-order valence-electron chi connectivity index (χ3n) is 4.60. The lowest BCUT2D eigenvalue weighted by molar-refractivity contribution is -0.117. The zero-order valence-electron chi connectivity index (χ0n) is 15.9. The van der Waals surface area contributed by atoms with Gasteiger partial charge in [0, 0.05) is 24.6 Å². The minimum Gasteiger partial charge on any atom is -0.491 e. The van der Waals surface area contributed by atoms with Gasteiger partial charge in [-0.15, -0.1) is 0 Å². The van der Waals surface area contributed by atoms with Gasteiger partial charge in [-0.2, -0.15) is 4.98 Å². The number of carbonyl (C=O) groups excluding carboxylic acids is 1. The van der Waals surface area contributed by atoms with Crippen molar-refractivity contribution in [1.29, 1.82) is 0 Å². The molecule has 150 valence electrons. The standard InChI is InChI=1S/C21H19F2N3O3/c1-12(2)28-16-6-3-13(4-7-16)20-24-21(29-25-20)14-9-19(27)26(11-14)18-8-5-15(22)10-17(18)23/h3-8,10,12,14H,9,11H2,1-2H3. The molecule has 3 aromatic rings. The third kappa shape index (κ3) is 3.96. The lowest BCUT2D eigenvalue weighted by Crippen LogP contribution is -2.25. The number of aromatic nitrogens is 2. The highest BCUT2D eigenvalue weighted by atomic mass is 19.1. The fraction of sp³-hybridized carbons (Fsp3) is 0.286. The number of benzene rings is 2. The van der Waals surface area contributed by atoms with Gasteiger partial charge in [0.15, 0.2) is 0 Å². The monoisotopic (exact) mass is 399 g/mol. The average Bonchev–Trinajstić information content (AvgIpc) is 3.29. The van der Waals surface area contributed by atoms with Gasteiger partial charge in [0.05, 0.1) is 17.7 Å². The number of amides is 1. The van der Waals surface area contributed by atoms with Gasteiger partial charge in [0.2, 0.25) is 17.6 Å². The Balaban J connectivity index is 1.50. The van der Waals surface area contributed by atoms with Crippen LogP contribution in [0.3, 0.4) is 0 Å². The lowest BCUT2D eigenvalue weighted by atomic mass is 10.1. The Morgan fingerprint density at radius 3 is 2.62 bits per heavy atom. The van der Waals surface area contributed by atoms with Gasteiger partial charge in [-0.3, -0.25) is 4.79 Å². The van der Waals surface area contributed by atoms with Crippen molar-refractivity contribution in [3.05, 3.63) is 60.0 Å². The molecular weight excluding hydrogens is 380 g/mol. The summed E-state index contributed by atoms with van der Waals surface area (Å²) < 4.78 is 38.2. The van der Waals surface area contributed by atoms with Crippen molar-refractivity contribution >= 4 is 11.6 Å². The summed E-state index contributed by atoms with van der Waals surface area (Å²) in [6.07, 6.45) is 0.186. The number of hydrogen-bond acceptors (Lipinski definition) is 5. The molecule has 0 N–H and O–H groups in total. The van der Waals surface area contributed by atoms with E-state index in [0.29, 0.717) is 11.7 Å². The van der Waals surface area contributed by atoms with Crippen molar-refractivity contribution in [1.82, 2.24) is 10.1 Å². The highest BCUT2D eigenvalue weighted by Gasteiger charge is 2.36. The number of ether oxygens (including phenoxy) is 1. The molecule has 1 fully saturated rings. The second-order valence-electron chi connectivity index (χ2n) is 7.15. The molecule has 8 heteroatoms. The SMILES string of the molecule is CC(C)Oc1ccc(-c2noc(C3CC(=O)N(c4ccc(F)cc4F)C3)n2)cc1. The smallest absolute Gasteiger partial charge is 0.232 e. The molecule has 1 atom stereocenters. The van der Waals surface area contributed by atoms with Crippen molar-refractivity contribution in [2.75, 3.05) is 11.4 Å². The summed E-state index contributed by atoms with van der Waals surface area (Å²) in [6.45, 7) is 4.08. The van der Waals surface area contributed by atoms with Crippen molar-refractivity contribution < 1.29 is 22.8 Å². The first-order chi connectivity index (χ1) is 13.9. The van der Waals surface area contributed by atoms with Crippen LogP contribution in [0.1, 0.15) is 32.1 Å². The summed E-state index contributed by atoms with van der Waals surface area (Å²) in [4.78, 5) is 18.0. The first-order valence-corrected chi connectivity index (χ1v) is 9.27. The van der Waals surface area contributed by atoms with Crippen LogP contribution in [-0.4, -0.2) is 28.7 Å². The van der Waals surface area contributed by atoms with E-state index in [1.807, 2.05) is 38.1 Å². The molecule has 4 rings (SSSR count). The molecule has 0 bridgehead atoms. The predicted octanol–water partition coefficient (Wildman–Crippen LogP) is 4.32. The minimum atomic E-state index is -0.783. The van der Waals surface area contributed by atoms with Crippen LogP contribution in [0.5, 0.6) is 5.75 Å². The lowest BCUT2D eigenvalue weighted by Gasteiger charge is -2.16. The molecule has 0 saturated carbocycles. The van der Waals surface area contributed by atoms with Gasteiger partial charge in [0.25, 0.3) is 0 Å². The maximum absolute atomic E-state index is 14.0. The Morgan fingerprint density at radius 2 is 1.93 bits per heavy atom. The van der Waals surface area contributed by atoms with E-state index in [9.17, 15) is 13.6 Å². The van der Waals surface area contributed by atoms with E-state index in [1.54, 1.807) is 0 Å². The quantitative estimate of drug-likeness (QED) is 0.639. The number of anilines is 1. The van der Waals surface area contributed by atoms with Crippen molar-refractivity contribution in [2.45, 2.75) is 32.3 Å². The normalized spacial score (nSPS) is 16.7. The van der Waals surface area contributed by atoms with Crippen LogP contribution >= 0.6 is 0 Å². The minimum absolute atomic E-state index is 0.0411. The molecule has 1 aliphatic rings. The molecule has 0 aliphatic carbocycles. The van der Waals surface area contributed by atoms with Gasteiger partial charge in [-0.1, -0.05) is 5.16 Å². The fourth-order valence-corrected chi connectivity index (χ4v) is 3.28. The zero-order valence-corrected chi connectivity index (χ0v) is 15.9. The van der Waals surface area contributed by atoms with Crippen molar-refractivity contribution in [3.63, 3.8) is 0 Å². The van der Waals surface area contributed by atoms with Gasteiger partial charge >= 0.3 is 0 Å². The van der Waals surface area contributed by atoms with Crippen molar-refractivity contribution in [3.8, 4) is 17.1 Å². The molecule has 0 spiro atoms. The highest BCUT2D eigenvalue weighted by Crippen LogP contribution is 2.33. The number of halogens is 2. The Kier molecular flexibility index (Phi) is 5.00. The Bertz CT molecular complexity index is 1030. The number of hydrogen-bond donors (Lipinski definition) is 0. The summed E-state index contributed by atoms with van der Waals surface area (Å²) in [5, 5.41) is 3.99. The summed E-state index contributed by atoms with van der Waals surface area (Å²) in [7, 11) is 0. The largest absolute Gasteiger partial charge is 0.491 e. The van der Waals surface area contributed by atoms with E-state index in [4.69, 9.17) is 9.26 Å². The van der Waals surface area contributed by atoms with Crippen LogP contribution in [-0.2, 0) is 4.79 Å². The van der Waals surface area contributed by atoms with Crippen LogP contribution in [0.2, 0.25) is 0 Å². The third-order valence-corrected chi connectivity index (χ3v) is 4.60. The highest BCUT2D eigenvalue weighted by molar-refractivity contribution is 5.96. The zero-order chi connectivity index (χ0) is 20.5. The summed E-state index contributed by atoms with van der Waals surface area (Å²) >= 11 is 0. The van der Waals surface area contributed by atoms with Gasteiger partial charge in [-0.05, 0) is 50.2 Å². The average molecular weight is 399 g/mol. The Labute approximate surface area is 166 Å². The molecule has 1 unspecified atom stereocenters.